The number of hydrogen-bond acceptors (Lipinski definition) is 2. The molecule has 0 atom stereocenters. The molecule has 7 rings (SSSR count). The molecule has 33 heavy (non-hydrogen) atoms. The van der Waals surface area contributed by atoms with E-state index >= 15 is 0 Å². The van der Waals surface area contributed by atoms with Gasteiger partial charge in [0.15, 0.2) is 0 Å². The number of rotatable bonds is 5. The highest BCUT2D eigenvalue weighted by Crippen LogP contribution is 2.62. The first kappa shape index (κ1) is 20.8. The van der Waals surface area contributed by atoms with Crippen LogP contribution in [-0.4, -0.2) is 0 Å². The van der Waals surface area contributed by atoms with Gasteiger partial charge in [-0.1, -0.05) is 54.1 Å². The van der Waals surface area contributed by atoms with E-state index in [1.165, 1.54) is 49.7 Å². The molecule has 0 spiro atoms. The zero-order valence-corrected chi connectivity index (χ0v) is 19.5. The summed E-state index contributed by atoms with van der Waals surface area (Å²) < 4.78 is 6.49. The molecule has 0 amide bonds. The number of benzene rings is 3. The van der Waals surface area contributed by atoms with E-state index in [-0.39, 0.29) is 5.41 Å². The van der Waals surface area contributed by atoms with Crippen molar-refractivity contribution >= 4 is 11.6 Å². The minimum Gasteiger partial charge on any atom is -0.489 e. The van der Waals surface area contributed by atoms with Gasteiger partial charge in [0.1, 0.15) is 12.4 Å². The van der Waals surface area contributed by atoms with Gasteiger partial charge in [0.25, 0.3) is 0 Å². The first-order chi connectivity index (χ1) is 16.1. The molecule has 4 aliphatic carbocycles. The molecular formula is C30H28ClNO. The largest absolute Gasteiger partial charge is 0.489 e. The van der Waals surface area contributed by atoms with E-state index in [1.54, 1.807) is 6.07 Å². The lowest BCUT2D eigenvalue weighted by atomic mass is 9.48. The normalized spacial score (nSPS) is 27.3. The quantitative estimate of drug-likeness (QED) is 0.393. The third-order valence-corrected chi connectivity index (χ3v) is 8.55. The van der Waals surface area contributed by atoms with Gasteiger partial charge in [-0.15, -0.1) is 0 Å². The second kappa shape index (κ2) is 8.23. The molecule has 0 aromatic heterocycles. The van der Waals surface area contributed by atoms with Crippen molar-refractivity contribution in [3.05, 3.63) is 88.4 Å². The Balaban J connectivity index is 1.42. The van der Waals surface area contributed by atoms with Crippen LogP contribution in [0.15, 0.2) is 66.7 Å². The number of nitriles is 1. The highest BCUT2D eigenvalue weighted by molar-refractivity contribution is 6.33. The summed E-state index contributed by atoms with van der Waals surface area (Å²) in [4.78, 5) is 0. The summed E-state index contributed by atoms with van der Waals surface area (Å²) in [7, 11) is 0. The molecule has 0 unspecified atom stereocenters. The molecule has 3 heteroatoms. The molecule has 3 aromatic carbocycles. The Hall–Kier alpha value is -2.76. The van der Waals surface area contributed by atoms with E-state index in [2.05, 4.69) is 48.5 Å². The number of ether oxygens (including phenoxy) is 1. The molecule has 4 saturated carbocycles. The van der Waals surface area contributed by atoms with E-state index in [0.717, 1.165) is 34.6 Å². The molecule has 0 N–H and O–H groups in total. The summed E-state index contributed by atoms with van der Waals surface area (Å²) >= 11 is 6.61. The van der Waals surface area contributed by atoms with Crippen molar-refractivity contribution in [2.75, 3.05) is 0 Å². The maximum atomic E-state index is 9.23. The maximum Gasteiger partial charge on any atom is 0.123 e. The fourth-order valence-corrected chi connectivity index (χ4v) is 7.52. The van der Waals surface area contributed by atoms with Crippen molar-refractivity contribution in [2.45, 2.75) is 50.5 Å². The van der Waals surface area contributed by atoms with Crippen molar-refractivity contribution < 1.29 is 4.74 Å². The Morgan fingerprint density at radius 2 is 1.58 bits per heavy atom. The average Bonchev–Trinajstić information content (AvgIpc) is 2.82. The van der Waals surface area contributed by atoms with Crippen LogP contribution in [0.25, 0.3) is 11.1 Å². The Morgan fingerprint density at radius 1 is 0.879 bits per heavy atom. The minimum absolute atomic E-state index is 0.218. The summed E-state index contributed by atoms with van der Waals surface area (Å²) in [6.07, 6.45) is 8.10. The third-order valence-electron chi connectivity index (χ3n) is 8.24. The van der Waals surface area contributed by atoms with E-state index in [1.807, 2.05) is 18.2 Å². The molecule has 4 bridgehead atoms. The van der Waals surface area contributed by atoms with E-state index in [4.69, 9.17) is 16.3 Å². The topological polar surface area (TPSA) is 33.0 Å². The Labute approximate surface area is 201 Å². The fourth-order valence-electron chi connectivity index (χ4n) is 7.23. The van der Waals surface area contributed by atoms with E-state index in [9.17, 15) is 5.26 Å². The van der Waals surface area contributed by atoms with Crippen LogP contribution >= 0.6 is 11.6 Å². The van der Waals surface area contributed by atoms with E-state index < -0.39 is 0 Å². The van der Waals surface area contributed by atoms with Crippen LogP contribution in [0.2, 0.25) is 5.02 Å². The van der Waals surface area contributed by atoms with Crippen LogP contribution in [-0.2, 0) is 12.0 Å². The standard InChI is InChI=1S/C30H28ClNO/c31-28-13-21(18-32)6-8-26(28)25-7-9-29(33-19-20-4-2-1-3-5-20)27(14-25)30-15-22-10-23(16-30)12-24(11-22)17-30/h1-9,13-14,22-24H,10-12,15-17,19H2. The van der Waals surface area contributed by atoms with Gasteiger partial charge in [-0.25, -0.2) is 0 Å². The summed E-state index contributed by atoms with van der Waals surface area (Å²) in [5, 5.41) is 9.86. The van der Waals surface area contributed by atoms with Crippen LogP contribution in [0.4, 0.5) is 0 Å². The monoisotopic (exact) mass is 453 g/mol. The molecule has 2 nitrogen and oxygen atoms in total. The number of nitrogens with zero attached hydrogens (tertiary/aromatic N) is 1. The molecule has 0 aliphatic heterocycles. The second-order valence-corrected chi connectivity index (χ2v) is 10.9. The van der Waals surface area contributed by atoms with Crippen molar-refractivity contribution in [2.24, 2.45) is 17.8 Å². The molecule has 0 radical (unpaired) electrons. The maximum absolute atomic E-state index is 9.23. The van der Waals surface area contributed by atoms with Gasteiger partial charge in [0, 0.05) is 16.1 Å². The lowest BCUT2D eigenvalue weighted by Gasteiger charge is -2.57. The zero-order chi connectivity index (χ0) is 22.4. The van der Waals surface area contributed by atoms with Crippen molar-refractivity contribution in [1.82, 2.24) is 0 Å². The molecule has 4 fully saturated rings. The highest BCUT2D eigenvalue weighted by Gasteiger charge is 2.52. The fraction of sp³-hybridized carbons (Fsp3) is 0.367. The van der Waals surface area contributed by atoms with Crippen molar-refractivity contribution in [3.63, 3.8) is 0 Å². The van der Waals surface area contributed by atoms with Gasteiger partial charge in [0.05, 0.1) is 11.6 Å². The first-order valence-corrected chi connectivity index (χ1v) is 12.5. The van der Waals surface area contributed by atoms with Crippen LogP contribution in [0.1, 0.15) is 55.2 Å². The molecule has 166 valence electrons. The first-order valence-electron chi connectivity index (χ1n) is 12.1. The Morgan fingerprint density at radius 3 is 2.21 bits per heavy atom. The van der Waals surface area contributed by atoms with Gasteiger partial charge in [-0.05, 0) is 97.1 Å². The SMILES string of the molecule is N#Cc1ccc(-c2ccc(OCc3ccccc3)c(C34CC5CC(CC(C5)C3)C4)c2)c(Cl)c1. The molecular weight excluding hydrogens is 426 g/mol. The smallest absolute Gasteiger partial charge is 0.123 e. The van der Waals surface area contributed by atoms with Crippen molar-refractivity contribution in [3.8, 4) is 22.9 Å². The van der Waals surface area contributed by atoms with Crippen LogP contribution < -0.4 is 4.74 Å². The molecule has 4 aliphatic rings. The summed E-state index contributed by atoms with van der Waals surface area (Å²) in [6.45, 7) is 0.581. The van der Waals surface area contributed by atoms with Crippen LogP contribution in [0.3, 0.4) is 0 Å². The van der Waals surface area contributed by atoms with Crippen molar-refractivity contribution in [1.29, 1.82) is 5.26 Å². The minimum atomic E-state index is 0.218. The second-order valence-electron chi connectivity index (χ2n) is 10.5. The lowest BCUT2D eigenvalue weighted by molar-refractivity contribution is -0.00645. The number of halogens is 1. The Kier molecular flexibility index (Phi) is 5.19. The number of hydrogen-bond donors (Lipinski definition) is 0. The lowest BCUT2D eigenvalue weighted by Crippen LogP contribution is -2.48. The van der Waals surface area contributed by atoms with Gasteiger partial charge < -0.3 is 4.74 Å². The average molecular weight is 454 g/mol. The highest BCUT2D eigenvalue weighted by atomic mass is 35.5. The Bertz CT molecular complexity index is 1190. The van der Waals surface area contributed by atoms with Gasteiger partial charge >= 0.3 is 0 Å². The molecule has 0 heterocycles. The zero-order valence-electron chi connectivity index (χ0n) is 18.8. The van der Waals surface area contributed by atoms with Gasteiger partial charge in [0.2, 0.25) is 0 Å². The molecule has 0 saturated heterocycles. The van der Waals surface area contributed by atoms with Gasteiger partial charge in [-0.2, -0.15) is 5.26 Å². The van der Waals surface area contributed by atoms with Crippen LogP contribution in [0, 0.1) is 29.1 Å². The molecule has 3 aromatic rings. The summed E-state index contributed by atoms with van der Waals surface area (Å²) in [5.74, 6) is 3.61. The predicted octanol–water partition coefficient (Wildman–Crippen LogP) is 7.93. The van der Waals surface area contributed by atoms with Crippen LogP contribution in [0.5, 0.6) is 5.75 Å². The summed E-state index contributed by atoms with van der Waals surface area (Å²) in [5.41, 5.74) is 5.46. The van der Waals surface area contributed by atoms with E-state index in [0.29, 0.717) is 17.2 Å². The van der Waals surface area contributed by atoms with Gasteiger partial charge in [-0.3, -0.25) is 0 Å². The summed E-state index contributed by atoms with van der Waals surface area (Å²) in [6, 6.07) is 24.8. The third kappa shape index (κ3) is 3.83. The predicted molar refractivity (Wildman–Crippen MR) is 132 cm³/mol.